The molecule has 4 nitrogen and oxygen atoms in total. The Morgan fingerprint density at radius 3 is 2.95 bits per heavy atom. The zero-order valence-electron chi connectivity index (χ0n) is 11.4. The molecule has 108 valence electrons. The number of halogens is 2. The van der Waals surface area contributed by atoms with Crippen LogP contribution in [0.1, 0.15) is 24.7 Å². The Morgan fingerprint density at radius 2 is 2.20 bits per heavy atom. The third kappa shape index (κ3) is 3.55. The van der Waals surface area contributed by atoms with E-state index in [-0.39, 0.29) is 16.9 Å². The molecule has 0 aliphatic rings. The molecule has 1 atom stereocenters. The second-order valence-electron chi connectivity index (χ2n) is 4.78. The standard InChI is InChI=1S/C14H18ClFN4/c1-2-6-20-13(18-9-19-20)8-11(17)7-10-4-3-5-12(15)14(10)16/h3-5,9,11H,2,6-8,17H2,1H3. The quantitative estimate of drug-likeness (QED) is 0.891. The van der Waals surface area contributed by atoms with Crippen molar-refractivity contribution in [2.45, 2.75) is 38.8 Å². The molecule has 2 rings (SSSR count). The first-order valence-corrected chi connectivity index (χ1v) is 7.04. The molecule has 6 heteroatoms. The van der Waals surface area contributed by atoms with Gasteiger partial charge >= 0.3 is 0 Å². The van der Waals surface area contributed by atoms with Gasteiger partial charge in [-0.25, -0.2) is 9.37 Å². The van der Waals surface area contributed by atoms with Crippen molar-refractivity contribution >= 4 is 11.6 Å². The van der Waals surface area contributed by atoms with Gasteiger partial charge in [-0.05, 0) is 24.5 Å². The molecule has 0 spiro atoms. The third-order valence-electron chi connectivity index (χ3n) is 3.09. The van der Waals surface area contributed by atoms with Gasteiger partial charge in [0.25, 0.3) is 0 Å². The summed E-state index contributed by atoms with van der Waals surface area (Å²) in [5.41, 5.74) is 6.62. The lowest BCUT2D eigenvalue weighted by atomic mass is 10.0. The van der Waals surface area contributed by atoms with Gasteiger partial charge in [0.15, 0.2) is 0 Å². The Bertz CT molecular complexity index is 570. The van der Waals surface area contributed by atoms with E-state index < -0.39 is 0 Å². The zero-order valence-corrected chi connectivity index (χ0v) is 12.1. The Balaban J connectivity index is 2.03. The van der Waals surface area contributed by atoms with Crippen LogP contribution in [-0.4, -0.2) is 20.8 Å². The number of benzene rings is 1. The highest BCUT2D eigenvalue weighted by atomic mass is 35.5. The van der Waals surface area contributed by atoms with Crippen LogP contribution in [-0.2, 0) is 19.4 Å². The summed E-state index contributed by atoms with van der Waals surface area (Å²) in [4.78, 5) is 4.21. The smallest absolute Gasteiger partial charge is 0.145 e. The van der Waals surface area contributed by atoms with Crippen LogP contribution in [0.5, 0.6) is 0 Å². The van der Waals surface area contributed by atoms with Gasteiger partial charge in [-0.3, -0.25) is 4.68 Å². The predicted octanol–water partition coefficient (Wildman–Crippen LogP) is 2.59. The Morgan fingerprint density at radius 1 is 1.40 bits per heavy atom. The van der Waals surface area contributed by atoms with Crippen molar-refractivity contribution in [3.63, 3.8) is 0 Å². The molecule has 1 aromatic heterocycles. The molecular weight excluding hydrogens is 279 g/mol. The van der Waals surface area contributed by atoms with Crippen molar-refractivity contribution in [3.8, 4) is 0 Å². The molecule has 0 aliphatic heterocycles. The van der Waals surface area contributed by atoms with Gasteiger partial charge in [0.1, 0.15) is 18.0 Å². The lowest BCUT2D eigenvalue weighted by Gasteiger charge is -2.13. The fraction of sp³-hybridized carbons (Fsp3) is 0.429. The van der Waals surface area contributed by atoms with Crippen LogP contribution in [0.2, 0.25) is 5.02 Å². The van der Waals surface area contributed by atoms with Gasteiger partial charge < -0.3 is 5.73 Å². The Labute approximate surface area is 122 Å². The number of nitrogens with zero attached hydrogens (tertiary/aromatic N) is 3. The van der Waals surface area contributed by atoms with E-state index >= 15 is 0 Å². The summed E-state index contributed by atoms with van der Waals surface area (Å²) in [6.45, 7) is 2.89. The second kappa shape index (κ2) is 6.81. The van der Waals surface area contributed by atoms with Crippen LogP contribution < -0.4 is 5.73 Å². The van der Waals surface area contributed by atoms with E-state index in [0.29, 0.717) is 18.4 Å². The van der Waals surface area contributed by atoms with Gasteiger partial charge in [0, 0.05) is 19.0 Å². The molecular formula is C14H18ClFN4. The van der Waals surface area contributed by atoms with Gasteiger partial charge in [-0.1, -0.05) is 30.7 Å². The summed E-state index contributed by atoms with van der Waals surface area (Å²) in [5, 5.41) is 4.28. The molecule has 20 heavy (non-hydrogen) atoms. The minimum absolute atomic E-state index is 0.129. The molecule has 0 bridgehead atoms. The predicted molar refractivity (Wildman–Crippen MR) is 77.1 cm³/mol. The third-order valence-corrected chi connectivity index (χ3v) is 3.38. The minimum atomic E-state index is -0.389. The summed E-state index contributed by atoms with van der Waals surface area (Å²) >= 11 is 5.76. The first-order chi connectivity index (χ1) is 9.61. The Hall–Kier alpha value is -1.46. The van der Waals surface area contributed by atoms with E-state index in [4.69, 9.17) is 17.3 Å². The normalized spacial score (nSPS) is 12.6. The fourth-order valence-corrected chi connectivity index (χ4v) is 2.33. The Kier molecular flexibility index (Phi) is 5.09. The van der Waals surface area contributed by atoms with Crippen LogP contribution in [0.15, 0.2) is 24.5 Å². The lowest BCUT2D eigenvalue weighted by molar-refractivity contribution is 0.532. The van der Waals surface area contributed by atoms with E-state index in [1.807, 2.05) is 4.68 Å². The fourth-order valence-electron chi connectivity index (χ4n) is 2.14. The zero-order chi connectivity index (χ0) is 14.5. The minimum Gasteiger partial charge on any atom is -0.327 e. The van der Waals surface area contributed by atoms with E-state index in [0.717, 1.165) is 18.8 Å². The van der Waals surface area contributed by atoms with Crippen molar-refractivity contribution < 1.29 is 4.39 Å². The summed E-state index contributed by atoms with van der Waals surface area (Å²) in [5.74, 6) is 0.446. The number of hydrogen-bond acceptors (Lipinski definition) is 3. The number of aryl methyl sites for hydroxylation is 1. The maximum absolute atomic E-state index is 13.8. The maximum Gasteiger partial charge on any atom is 0.145 e. The molecule has 0 saturated carbocycles. The molecule has 2 aromatic rings. The molecule has 0 saturated heterocycles. The van der Waals surface area contributed by atoms with Crippen LogP contribution in [0.25, 0.3) is 0 Å². The van der Waals surface area contributed by atoms with Crippen LogP contribution >= 0.6 is 11.6 Å². The van der Waals surface area contributed by atoms with E-state index in [2.05, 4.69) is 17.0 Å². The summed E-state index contributed by atoms with van der Waals surface area (Å²) in [6.07, 6.45) is 3.49. The second-order valence-corrected chi connectivity index (χ2v) is 5.19. The molecule has 2 N–H and O–H groups in total. The van der Waals surface area contributed by atoms with Gasteiger partial charge in [-0.2, -0.15) is 5.10 Å². The van der Waals surface area contributed by atoms with Crippen molar-refractivity contribution in [2.24, 2.45) is 5.73 Å². The molecule has 0 amide bonds. The average Bonchev–Trinajstić information content (AvgIpc) is 2.83. The topological polar surface area (TPSA) is 56.7 Å². The molecule has 1 unspecified atom stereocenters. The van der Waals surface area contributed by atoms with E-state index in [1.54, 1.807) is 12.1 Å². The van der Waals surface area contributed by atoms with E-state index in [1.165, 1.54) is 12.4 Å². The molecule has 1 heterocycles. The van der Waals surface area contributed by atoms with Gasteiger partial charge in [-0.15, -0.1) is 0 Å². The van der Waals surface area contributed by atoms with Crippen molar-refractivity contribution in [2.75, 3.05) is 0 Å². The summed E-state index contributed by atoms with van der Waals surface area (Å²) < 4.78 is 15.7. The SMILES string of the molecule is CCCn1ncnc1CC(N)Cc1cccc(Cl)c1F. The first-order valence-electron chi connectivity index (χ1n) is 6.67. The number of rotatable bonds is 6. The highest BCUT2D eigenvalue weighted by molar-refractivity contribution is 6.30. The van der Waals surface area contributed by atoms with Crippen molar-refractivity contribution in [1.29, 1.82) is 0 Å². The highest BCUT2D eigenvalue weighted by Gasteiger charge is 2.14. The largest absolute Gasteiger partial charge is 0.327 e. The first kappa shape index (κ1) is 14.9. The molecule has 0 radical (unpaired) electrons. The maximum atomic E-state index is 13.8. The molecule has 0 fully saturated rings. The monoisotopic (exact) mass is 296 g/mol. The molecule has 1 aromatic carbocycles. The number of nitrogens with two attached hydrogens (primary N) is 1. The number of aromatic nitrogens is 3. The van der Waals surface area contributed by atoms with Crippen LogP contribution in [0.3, 0.4) is 0 Å². The lowest BCUT2D eigenvalue weighted by Crippen LogP contribution is -2.27. The van der Waals surface area contributed by atoms with E-state index in [9.17, 15) is 4.39 Å². The average molecular weight is 297 g/mol. The summed E-state index contributed by atoms with van der Waals surface area (Å²) in [6, 6.07) is 4.75. The van der Waals surface area contributed by atoms with Crippen LogP contribution in [0.4, 0.5) is 4.39 Å². The van der Waals surface area contributed by atoms with Crippen molar-refractivity contribution in [3.05, 3.63) is 46.8 Å². The highest BCUT2D eigenvalue weighted by Crippen LogP contribution is 2.19. The summed E-state index contributed by atoms with van der Waals surface area (Å²) in [7, 11) is 0. The van der Waals surface area contributed by atoms with Crippen LogP contribution in [0, 0.1) is 5.82 Å². The van der Waals surface area contributed by atoms with Gasteiger partial charge in [0.2, 0.25) is 0 Å². The van der Waals surface area contributed by atoms with Gasteiger partial charge in [0.05, 0.1) is 5.02 Å². The molecule has 0 aliphatic carbocycles. The van der Waals surface area contributed by atoms with Crippen molar-refractivity contribution in [1.82, 2.24) is 14.8 Å². The number of hydrogen-bond donors (Lipinski definition) is 1.